The molecule has 0 atom stereocenters. The van der Waals surface area contributed by atoms with Crippen molar-refractivity contribution in [3.63, 3.8) is 0 Å². The highest BCUT2D eigenvalue weighted by Gasteiger charge is 2.73. The number of nitriles is 1. The third-order valence-corrected chi connectivity index (χ3v) is 4.89. The van der Waals surface area contributed by atoms with E-state index in [-0.39, 0.29) is 6.07 Å². The van der Waals surface area contributed by atoms with Crippen LogP contribution in [-0.4, -0.2) is 18.3 Å². The second-order valence-electron chi connectivity index (χ2n) is 6.39. The Morgan fingerprint density at radius 2 is 1.41 bits per heavy atom. The van der Waals surface area contributed by atoms with E-state index in [0.29, 0.717) is 12.1 Å². The van der Waals surface area contributed by atoms with Crippen molar-refractivity contribution in [2.45, 2.75) is 24.2 Å². The highest BCUT2D eigenvalue weighted by atomic mass is 79.9. The minimum Gasteiger partial charge on any atom is -0.320 e. The number of halogens is 13. The van der Waals surface area contributed by atoms with Crippen molar-refractivity contribution in [3.05, 3.63) is 62.6 Å². The first-order valence-electron chi connectivity index (χ1n) is 8.20. The molecular formula is C18H5BrF12N2O. The molecule has 0 spiro atoms. The molecule has 0 unspecified atom stereocenters. The number of anilines is 1. The molecule has 3 nitrogen and oxygen atoms in total. The van der Waals surface area contributed by atoms with Crippen molar-refractivity contribution >= 4 is 27.5 Å². The average molecular weight is 573 g/mol. The van der Waals surface area contributed by atoms with E-state index in [1.807, 2.05) is 0 Å². The summed E-state index contributed by atoms with van der Waals surface area (Å²) in [6, 6.07) is 1.16. The first-order chi connectivity index (χ1) is 15.3. The molecule has 0 saturated heterocycles. The number of hydrogen-bond donors (Lipinski definition) is 1. The predicted molar refractivity (Wildman–Crippen MR) is 93.1 cm³/mol. The van der Waals surface area contributed by atoms with E-state index in [4.69, 9.17) is 5.26 Å². The van der Waals surface area contributed by atoms with Crippen molar-refractivity contribution in [1.29, 1.82) is 5.26 Å². The van der Waals surface area contributed by atoms with Crippen LogP contribution in [0.1, 0.15) is 27.0 Å². The van der Waals surface area contributed by atoms with Crippen LogP contribution in [0.15, 0.2) is 28.7 Å². The summed E-state index contributed by atoms with van der Waals surface area (Å²) < 4.78 is 159. The molecule has 0 fully saturated rings. The van der Waals surface area contributed by atoms with Crippen molar-refractivity contribution in [2.75, 3.05) is 5.32 Å². The number of carbonyl (C=O) groups is 1. The molecule has 0 aliphatic rings. The zero-order valence-corrected chi connectivity index (χ0v) is 17.2. The number of nitrogens with one attached hydrogen (secondary N) is 1. The molecule has 1 N–H and O–H groups in total. The number of carbonyl (C=O) groups excluding carboxylic acids is 1. The van der Waals surface area contributed by atoms with Gasteiger partial charge in [0, 0.05) is 10.0 Å². The van der Waals surface area contributed by atoms with Crippen molar-refractivity contribution in [2.24, 2.45) is 0 Å². The Balaban J connectivity index is 2.72. The zero-order chi connectivity index (χ0) is 26.4. The van der Waals surface area contributed by atoms with E-state index in [1.54, 1.807) is 0 Å². The first kappa shape index (κ1) is 27.3. The third kappa shape index (κ3) is 4.65. The lowest BCUT2D eigenvalue weighted by Crippen LogP contribution is -2.50. The number of benzene rings is 2. The molecule has 1 amide bonds. The molecule has 0 aromatic heterocycles. The van der Waals surface area contributed by atoms with Crippen LogP contribution in [0.25, 0.3) is 0 Å². The van der Waals surface area contributed by atoms with Crippen molar-refractivity contribution in [3.8, 4) is 6.07 Å². The lowest BCUT2D eigenvalue weighted by Gasteiger charge is -2.31. The SMILES string of the molecule is N#Cc1ccc(C(=O)Nc2c(Br)cc(C(F)(C(F)(F)F)C(F)(F)F)cc2C(F)(F)F)c(F)c1F. The van der Waals surface area contributed by atoms with Gasteiger partial charge in [-0.1, -0.05) is 0 Å². The van der Waals surface area contributed by atoms with Crippen LogP contribution < -0.4 is 5.32 Å². The van der Waals surface area contributed by atoms with Gasteiger partial charge in [-0.3, -0.25) is 4.79 Å². The van der Waals surface area contributed by atoms with Crippen molar-refractivity contribution < 1.29 is 57.5 Å². The third-order valence-electron chi connectivity index (χ3n) is 4.26. The summed E-state index contributed by atoms with van der Waals surface area (Å²) in [5, 5.41) is 9.98. The Morgan fingerprint density at radius 1 is 0.882 bits per heavy atom. The summed E-state index contributed by atoms with van der Waals surface area (Å²) in [7, 11) is 0. The van der Waals surface area contributed by atoms with Gasteiger partial charge in [-0.05, 0) is 40.2 Å². The van der Waals surface area contributed by atoms with Crippen LogP contribution in [0.2, 0.25) is 0 Å². The van der Waals surface area contributed by atoms with E-state index < -0.39 is 80.2 Å². The molecule has 184 valence electrons. The van der Waals surface area contributed by atoms with E-state index in [9.17, 15) is 57.5 Å². The molecule has 0 bridgehead atoms. The van der Waals surface area contributed by atoms with Crippen LogP contribution in [0, 0.1) is 23.0 Å². The number of hydrogen-bond acceptors (Lipinski definition) is 2. The molecule has 0 saturated carbocycles. The fraction of sp³-hybridized carbons (Fsp3) is 0.222. The van der Waals surface area contributed by atoms with E-state index in [0.717, 1.165) is 0 Å². The maximum absolute atomic E-state index is 14.3. The molecule has 0 aliphatic carbocycles. The Bertz CT molecular complexity index is 1160. The van der Waals surface area contributed by atoms with Gasteiger partial charge in [-0.25, -0.2) is 13.2 Å². The maximum Gasteiger partial charge on any atom is 0.435 e. The summed E-state index contributed by atoms with van der Waals surface area (Å²) >= 11 is 2.25. The monoisotopic (exact) mass is 572 g/mol. The van der Waals surface area contributed by atoms with Crippen LogP contribution in [0.3, 0.4) is 0 Å². The van der Waals surface area contributed by atoms with Crippen LogP contribution in [0.4, 0.5) is 58.4 Å². The topological polar surface area (TPSA) is 52.9 Å². The Labute approximate surface area is 189 Å². The van der Waals surface area contributed by atoms with Gasteiger partial charge in [0.05, 0.1) is 22.4 Å². The summed E-state index contributed by atoms with van der Waals surface area (Å²) in [4.78, 5) is 12.2. The molecule has 0 radical (unpaired) electrons. The van der Waals surface area contributed by atoms with Crippen LogP contribution in [0.5, 0.6) is 0 Å². The predicted octanol–water partition coefficient (Wildman–Crippen LogP) is 7.16. The first-order valence-corrected chi connectivity index (χ1v) is 8.99. The van der Waals surface area contributed by atoms with Gasteiger partial charge in [-0.15, -0.1) is 0 Å². The van der Waals surface area contributed by atoms with Gasteiger partial charge >= 0.3 is 24.2 Å². The van der Waals surface area contributed by atoms with Gasteiger partial charge < -0.3 is 5.32 Å². The second-order valence-corrected chi connectivity index (χ2v) is 7.24. The maximum atomic E-state index is 14.3. The molecule has 2 aromatic carbocycles. The quantitative estimate of drug-likeness (QED) is 0.397. The number of nitrogens with zero attached hydrogens (tertiary/aromatic N) is 1. The fourth-order valence-electron chi connectivity index (χ4n) is 2.64. The van der Waals surface area contributed by atoms with E-state index in [1.165, 1.54) is 11.4 Å². The minimum absolute atomic E-state index is 0.304. The fourth-order valence-corrected chi connectivity index (χ4v) is 3.20. The smallest absolute Gasteiger partial charge is 0.320 e. The number of alkyl halides is 10. The lowest BCUT2D eigenvalue weighted by atomic mass is 9.92. The van der Waals surface area contributed by atoms with E-state index in [2.05, 4.69) is 15.9 Å². The molecule has 2 aromatic rings. The normalized spacial score (nSPS) is 12.9. The standard InChI is InChI=1S/C18H5BrF12N2O/c19-10-4-7(15(22,17(26,27)28)18(29,30)31)3-9(16(23,24)25)13(10)33-14(34)8-2-1-6(5-32)11(20)12(8)21/h1-4H,(H,33,34). The van der Waals surface area contributed by atoms with E-state index >= 15 is 0 Å². The number of amides is 1. The van der Waals surface area contributed by atoms with Crippen molar-refractivity contribution in [1.82, 2.24) is 0 Å². The molecular weight excluding hydrogens is 568 g/mol. The molecule has 16 heteroatoms. The average Bonchev–Trinajstić information content (AvgIpc) is 2.67. The Kier molecular flexibility index (Phi) is 6.96. The van der Waals surface area contributed by atoms with Gasteiger partial charge in [0.25, 0.3) is 5.91 Å². The summed E-state index contributed by atoms with van der Waals surface area (Å²) in [5.74, 6) is -5.65. The van der Waals surface area contributed by atoms with Gasteiger partial charge in [0.1, 0.15) is 6.07 Å². The highest BCUT2D eigenvalue weighted by Crippen LogP contribution is 2.55. The summed E-state index contributed by atoms with van der Waals surface area (Å²) in [6.07, 6.45) is -19.2. The zero-order valence-electron chi connectivity index (χ0n) is 15.6. The van der Waals surface area contributed by atoms with Gasteiger partial charge in [-0.2, -0.15) is 44.8 Å². The van der Waals surface area contributed by atoms with Gasteiger partial charge in [0.15, 0.2) is 11.6 Å². The summed E-state index contributed by atoms with van der Waals surface area (Å²) in [5.41, 5.74) is -14.8. The minimum atomic E-state index is -6.73. The van der Waals surface area contributed by atoms with Crippen LogP contribution >= 0.6 is 15.9 Å². The lowest BCUT2D eigenvalue weighted by molar-refractivity contribution is -0.348. The second kappa shape index (κ2) is 8.67. The highest BCUT2D eigenvalue weighted by molar-refractivity contribution is 9.10. The van der Waals surface area contributed by atoms with Gasteiger partial charge in [0.2, 0.25) is 0 Å². The molecule has 34 heavy (non-hydrogen) atoms. The number of rotatable bonds is 3. The molecule has 0 heterocycles. The molecule has 0 aliphatic heterocycles. The van der Waals surface area contributed by atoms with Crippen LogP contribution in [-0.2, 0) is 11.8 Å². The Morgan fingerprint density at radius 3 is 1.85 bits per heavy atom. The summed E-state index contributed by atoms with van der Waals surface area (Å²) in [6.45, 7) is 0. The Hall–Kier alpha value is -2.96. The largest absolute Gasteiger partial charge is 0.435 e. The molecule has 2 rings (SSSR count).